The van der Waals surface area contributed by atoms with Gasteiger partial charge in [-0.15, -0.1) is 0 Å². The van der Waals surface area contributed by atoms with Crippen LogP contribution in [0.4, 0.5) is 20.4 Å². The topological polar surface area (TPSA) is 124 Å². The number of nitrogens with zero attached hydrogens (tertiary/aromatic N) is 4. The van der Waals surface area contributed by atoms with Gasteiger partial charge in [0.25, 0.3) is 5.91 Å². The van der Waals surface area contributed by atoms with E-state index in [0.29, 0.717) is 41.7 Å². The average Bonchev–Trinajstić information content (AvgIpc) is 3.06. The Hall–Kier alpha value is -4.23. The number of pyridine rings is 3. The average molecular weight is 554 g/mol. The lowest BCUT2D eigenvalue weighted by Gasteiger charge is -2.29. The number of amides is 1. The number of hydrogen-bond donors (Lipinski definition) is 1. The van der Waals surface area contributed by atoms with Gasteiger partial charge in [0.2, 0.25) is 15.3 Å². The number of aromatic nitrogens is 3. The molecule has 1 atom stereocenters. The molecule has 0 bridgehead atoms. The molecule has 5 heterocycles. The largest absolute Gasteiger partial charge is 0.488 e. The van der Waals surface area contributed by atoms with Gasteiger partial charge in [-0.1, -0.05) is 0 Å². The van der Waals surface area contributed by atoms with Crippen molar-refractivity contribution in [1.82, 2.24) is 20.3 Å². The second-order valence-corrected chi connectivity index (χ2v) is 11.0. The zero-order valence-corrected chi connectivity index (χ0v) is 21.1. The van der Waals surface area contributed by atoms with E-state index in [2.05, 4.69) is 15.3 Å². The van der Waals surface area contributed by atoms with E-state index in [4.69, 9.17) is 14.5 Å². The van der Waals surface area contributed by atoms with Crippen LogP contribution < -0.4 is 15.0 Å². The Bertz CT molecular complexity index is 1720. The Morgan fingerprint density at radius 1 is 1.18 bits per heavy atom. The van der Waals surface area contributed by atoms with Crippen LogP contribution in [-0.4, -0.2) is 54.5 Å². The summed E-state index contributed by atoms with van der Waals surface area (Å²) in [7, 11) is -4.51. The van der Waals surface area contributed by atoms with E-state index < -0.39 is 45.2 Å². The van der Waals surface area contributed by atoms with Crippen LogP contribution in [-0.2, 0) is 27.7 Å². The van der Waals surface area contributed by atoms with Gasteiger partial charge in [0, 0.05) is 28.9 Å². The van der Waals surface area contributed by atoms with E-state index in [1.54, 1.807) is 24.5 Å². The highest BCUT2D eigenvalue weighted by molar-refractivity contribution is 7.92. The Morgan fingerprint density at radius 2 is 2.05 bits per heavy atom. The fraction of sp³-hybridized carbons (Fsp3) is 0.231. The molecule has 0 saturated carbocycles. The van der Waals surface area contributed by atoms with E-state index in [1.807, 2.05) is 23.1 Å². The standard InChI is InChI=1S/C26H21F2N5O5S/c27-19-8-16(9-22-18(19)13-37-14-23(28)39(22,35)36)26(34)31-12-17-10-20-15(11-30-17)3-4-24(32-20)33-6-7-38-21-2-1-5-29-25(21)33/h1-5,8-11,23H,6-7,12-14H2,(H,31,34)/t23-/m1/s1. The van der Waals surface area contributed by atoms with Gasteiger partial charge in [0.05, 0.1) is 42.4 Å². The Kier molecular flexibility index (Phi) is 6.31. The number of ether oxygens (including phenoxy) is 2. The van der Waals surface area contributed by atoms with E-state index in [0.717, 1.165) is 17.5 Å². The summed E-state index contributed by atoms with van der Waals surface area (Å²) >= 11 is 0. The van der Waals surface area contributed by atoms with Crippen LogP contribution in [0.15, 0.2) is 59.8 Å². The predicted octanol–water partition coefficient (Wildman–Crippen LogP) is 3.22. The third-order valence-corrected chi connectivity index (χ3v) is 8.24. The third kappa shape index (κ3) is 4.63. The molecule has 1 N–H and O–H groups in total. The zero-order chi connectivity index (χ0) is 27.1. The van der Waals surface area contributed by atoms with Crippen LogP contribution in [0.5, 0.6) is 5.75 Å². The van der Waals surface area contributed by atoms with Crippen molar-refractivity contribution in [2.75, 3.05) is 24.7 Å². The minimum Gasteiger partial charge on any atom is -0.488 e. The molecule has 0 spiro atoms. The summed E-state index contributed by atoms with van der Waals surface area (Å²) in [6.45, 7) is -0.113. The normalized spacial score (nSPS) is 18.0. The van der Waals surface area contributed by atoms with Crippen LogP contribution >= 0.6 is 0 Å². The maximum absolute atomic E-state index is 14.7. The highest BCUT2D eigenvalue weighted by Crippen LogP contribution is 2.34. The van der Waals surface area contributed by atoms with Gasteiger partial charge in [-0.3, -0.25) is 9.78 Å². The first-order chi connectivity index (χ1) is 18.8. The van der Waals surface area contributed by atoms with E-state index >= 15 is 0 Å². The number of benzene rings is 1. The summed E-state index contributed by atoms with van der Waals surface area (Å²) in [5, 5.41) is 3.39. The number of halogens is 2. The van der Waals surface area contributed by atoms with Gasteiger partial charge < -0.3 is 19.7 Å². The molecular formula is C26H21F2N5O5S. The van der Waals surface area contributed by atoms with Crippen molar-refractivity contribution in [3.63, 3.8) is 0 Å². The molecule has 0 fully saturated rings. The number of nitrogens with one attached hydrogen (secondary N) is 1. The molecule has 2 aliphatic heterocycles. The second kappa shape index (κ2) is 9.82. The molecule has 4 aromatic rings. The lowest BCUT2D eigenvalue weighted by molar-refractivity contribution is 0.0938. The summed E-state index contributed by atoms with van der Waals surface area (Å²) in [6, 6.07) is 11.0. The lowest BCUT2D eigenvalue weighted by Crippen LogP contribution is -2.30. The molecule has 0 aliphatic carbocycles. The van der Waals surface area contributed by atoms with Gasteiger partial charge in [-0.25, -0.2) is 27.2 Å². The molecule has 6 rings (SSSR count). The quantitative estimate of drug-likeness (QED) is 0.406. The fourth-order valence-electron chi connectivity index (χ4n) is 4.46. The summed E-state index contributed by atoms with van der Waals surface area (Å²) in [5.74, 6) is 0.295. The molecular weight excluding hydrogens is 532 g/mol. The van der Waals surface area contributed by atoms with E-state index in [9.17, 15) is 22.0 Å². The predicted molar refractivity (Wildman–Crippen MR) is 136 cm³/mol. The van der Waals surface area contributed by atoms with Gasteiger partial charge in [-0.2, -0.15) is 0 Å². The Balaban J connectivity index is 1.24. The molecule has 10 nitrogen and oxygen atoms in total. The van der Waals surface area contributed by atoms with Crippen LogP contribution in [0.2, 0.25) is 0 Å². The summed E-state index contributed by atoms with van der Waals surface area (Å²) in [5.41, 5.74) is -1.81. The summed E-state index contributed by atoms with van der Waals surface area (Å²) < 4.78 is 64.4. The molecule has 200 valence electrons. The van der Waals surface area contributed by atoms with Crippen molar-refractivity contribution in [1.29, 1.82) is 0 Å². The minimum absolute atomic E-state index is 0.0388. The van der Waals surface area contributed by atoms with Crippen molar-refractivity contribution in [3.8, 4) is 5.75 Å². The smallest absolute Gasteiger partial charge is 0.251 e. The molecule has 3 aromatic heterocycles. The molecule has 0 radical (unpaired) electrons. The van der Waals surface area contributed by atoms with Gasteiger partial charge in [-0.05, 0) is 42.5 Å². The highest BCUT2D eigenvalue weighted by Gasteiger charge is 2.35. The van der Waals surface area contributed by atoms with Crippen molar-refractivity contribution in [3.05, 3.63) is 77.5 Å². The molecule has 13 heteroatoms. The van der Waals surface area contributed by atoms with Gasteiger partial charge in [0.15, 0.2) is 11.6 Å². The first-order valence-electron chi connectivity index (χ1n) is 12.0. The Morgan fingerprint density at radius 3 is 2.92 bits per heavy atom. The van der Waals surface area contributed by atoms with Crippen LogP contribution in [0.25, 0.3) is 10.9 Å². The van der Waals surface area contributed by atoms with Crippen molar-refractivity contribution in [2.45, 2.75) is 23.6 Å². The molecule has 2 aliphatic rings. The minimum atomic E-state index is -4.51. The number of carbonyl (C=O) groups excluding carboxylic acids is 1. The summed E-state index contributed by atoms with van der Waals surface area (Å²) in [4.78, 5) is 27.7. The molecule has 39 heavy (non-hydrogen) atoms. The maximum Gasteiger partial charge on any atom is 0.251 e. The van der Waals surface area contributed by atoms with Crippen LogP contribution in [0, 0.1) is 5.82 Å². The van der Waals surface area contributed by atoms with Gasteiger partial charge in [0.1, 0.15) is 18.2 Å². The number of sulfone groups is 1. The first kappa shape index (κ1) is 25.1. The fourth-order valence-corrected chi connectivity index (χ4v) is 5.80. The third-order valence-electron chi connectivity index (χ3n) is 6.46. The lowest BCUT2D eigenvalue weighted by atomic mass is 10.1. The number of carbonyl (C=O) groups is 1. The number of fused-ring (bicyclic) bond motifs is 3. The highest BCUT2D eigenvalue weighted by atomic mass is 32.2. The summed E-state index contributed by atoms with van der Waals surface area (Å²) in [6.07, 6.45) is 3.30. The maximum atomic E-state index is 14.7. The first-order valence-corrected chi connectivity index (χ1v) is 13.5. The Labute approximate surface area is 221 Å². The monoisotopic (exact) mass is 553 g/mol. The number of alkyl halides is 1. The van der Waals surface area contributed by atoms with Crippen molar-refractivity contribution in [2.24, 2.45) is 0 Å². The zero-order valence-electron chi connectivity index (χ0n) is 20.3. The molecule has 1 amide bonds. The molecule has 0 saturated heterocycles. The number of rotatable bonds is 4. The van der Waals surface area contributed by atoms with Gasteiger partial charge >= 0.3 is 0 Å². The SMILES string of the molecule is O=C(NCc1cc2nc(N3CCOc4cccnc43)ccc2cn1)c1cc(F)c2c(c1)S(=O)(=O)[C@@H](F)COC2. The van der Waals surface area contributed by atoms with Crippen LogP contribution in [0.1, 0.15) is 21.6 Å². The molecule has 1 aromatic carbocycles. The van der Waals surface area contributed by atoms with E-state index in [-0.39, 0.29) is 17.7 Å². The van der Waals surface area contributed by atoms with Crippen LogP contribution in [0.3, 0.4) is 0 Å². The van der Waals surface area contributed by atoms with Crippen molar-refractivity contribution < 1.29 is 31.5 Å². The number of anilines is 2. The molecule has 0 unspecified atom stereocenters. The number of hydrogen-bond acceptors (Lipinski definition) is 9. The van der Waals surface area contributed by atoms with E-state index in [1.165, 1.54) is 0 Å². The second-order valence-electron chi connectivity index (χ2n) is 8.95. The van der Waals surface area contributed by atoms with Crippen molar-refractivity contribution >= 4 is 38.3 Å².